The molecule has 1 saturated heterocycles. The Kier molecular flexibility index (Phi) is 6.09. The van der Waals surface area contributed by atoms with Crippen molar-refractivity contribution in [3.05, 3.63) is 50.1 Å². The zero-order valence-corrected chi connectivity index (χ0v) is 20.1. The standard InChI is InChI=1S/C24H27N3O3S2/c1-15-7-8-17(13-16(15)2)27-23(29)21-18-5-3-4-6-19(18)32-22(21)25-24(27)31-14-20(28)26-9-11-30-12-10-26/h7-8,13H,3-6,9-12,14H2,1-2H3. The molecule has 0 bridgehead atoms. The van der Waals surface area contributed by atoms with Crippen molar-refractivity contribution in [1.29, 1.82) is 0 Å². The monoisotopic (exact) mass is 469 g/mol. The second-order valence-corrected chi connectivity index (χ2v) is 10.5. The first kappa shape index (κ1) is 21.7. The Balaban J connectivity index is 1.59. The van der Waals surface area contributed by atoms with E-state index in [0.29, 0.717) is 31.5 Å². The maximum atomic E-state index is 13.8. The molecule has 2 aliphatic rings. The molecule has 32 heavy (non-hydrogen) atoms. The zero-order chi connectivity index (χ0) is 22.2. The van der Waals surface area contributed by atoms with Gasteiger partial charge in [-0.2, -0.15) is 0 Å². The molecular weight excluding hydrogens is 442 g/mol. The van der Waals surface area contributed by atoms with Crippen LogP contribution in [0.5, 0.6) is 0 Å². The van der Waals surface area contributed by atoms with Gasteiger partial charge in [-0.1, -0.05) is 17.8 Å². The minimum Gasteiger partial charge on any atom is -0.378 e. The van der Waals surface area contributed by atoms with Crippen molar-refractivity contribution in [2.24, 2.45) is 0 Å². The molecule has 2 aromatic heterocycles. The number of ether oxygens (including phenoxy) is 1. The van der Waals surface area contributed by atoms with Crippen molar-refractivity contribution in [3.8, 4) is 5.69 Å². The molecule has 1 aliphatic heterocycles. The molecule has 1 amide bonds. The highest BCUT2D eigenvalue weighted by Gasteiger charge is 2.24. The number of carbonyl (C=O) groups is 1. The summed E-state index contributed by atoms with van der Waals surface area (Å²) in [6.45, 7) is 6.51. The van der Waals surface area contributed by atoms with E-state index in [-0.39, 0.29) is 17.2 Å². The van der Waals surface area contributed by atoms with Gasteiger partial charge in [-0.3, -0.25) is 14.2 Å². The maximum Gasteiger partial charge on any atom is 0.267 e. The van der Waals surface area contributed by atoms with E-state index in [4.69, 9.17) is 9.72 Å². The number of thiophene rings is 1. The van der Waals surface area contributed by atoms with Crippen LogP contribution in [0.3, 0.4) is 0 Å². The van der Waals surface area contributed by atoms with E-state index >= 15 is 0 Å². The van der Waals surface area contributed by atoms with E-state index in [1.807, 2.05) is 23.1 Å². The Bertz CT molecular complexity index is 1240. The Morgan fingerprint density at radius 1 is 1.16 bits per heavy atom. The van der Waals surface area contributed by atoms with E-state index in [9.17, 15) is 9.59 Å². The van der Waals surface area contributed by atoms with Gasteiger partial charge >= 0.3 is 0 Å². The van der Waals surface area contributed by atoms with Crippen LogP contribution in [-0.2, 0) is 22.4 Å². The topological polar surface area (TPSA) is 64.4 Å². The van der Waals surface area contributed by atoms with Crippen LogP contribution < -0.4 is 5.56 Å². The van der Waals surface area contributed by atoms with Crippen molar-refractivity contribution in [2.75, 3.05) is 32.1 Å². The Morgan fingerprint density at radius 3 is 2.72 bits per heavy atom. The Labute approximate surface area is 195 Å². The SMILES string of the molecule is Cc1ccc(-n2c(SCC(=O)N3CCOCC3)nc3sc4c(c3c2=O)CCCC4)cc1C. The van der Waals surface area contributed by atoms with Crippen molar-refractivity contribution < 1.29 is 9.53 Å². The molecule has 1 aliphatic carbocycles. The molecule has 0 atom stereocenters. The predicted molar refractivity (Wildman–Crippen MR) is 129 cm³/mol. The van der Waals surface area contributed by atoms with Gasteiger partial charge in [-0.15, -0.1) is 11.3 Å². The maximum absolute atomic E-state index is 13.8. The highest BCUT2D eigenvalue weighted by Crippen LogP contribution is 2.35. The summed E-state index contributed by atoms with van der Waals surface area (Å²) in [6.07, 6.45) is 4.26. The molecule has 168 valence electrons. The van der Waals surface area contributed by atoms with Gasteiger partial charge in [0.15, 0.2) is 5.16 Å². The fourth-order valence-corrected chi connectivity index (χ4v) is 6.62. The van der Waals surface area contributed by atoms with Gasteiger partial charge in [0.1, 0.15) is 4.83 Å². The normalized spacial score (nSPS) is 16.4. The molecule has 0 saturated carbocycles. The van der Waals surface area contributed by atoms with E-state index in [1.165, 1.54) is 34.2 Å². The average Bonchev–Trinajstić information content (AvgIpc) is 3.19. The largest absolute Gasteiger partial charge is 0.378 e. The fraction of sp³-hybridized carbons (Fsp3) is 0.458. The molecule has 3 heterocycles. The van der Waals surface area contributed by atoms with Gasteiger partial charge in [-0.25, -0.2) is 4.98 Å². The number of carbonyl (C=O) groups excluding carboxylic acids is 1. The summed E-state index contributed by atoms with van der Waals surface area (Å²) in [7, 11) is 0. The molecule has 0 N–H and O–H groups in total. The van der Waals surface area contributed by atoms with Crippen LogP contribution in [0.25, 0.3) is 15.9 Å². The smallest absolute Gasteiger partial charge is 0.267 e. The van der Waals surface area contributed by atoms with Crippen molar-refractivity contribution in [2.45, 2.75) is 44.7 Å². The van der Waals surface area contributed by atoms with Crippen LogP contribution in [0, 0.1) is 13.8 Å². The summed E-state index contributed by atoms with van der Waals surface area (Å²) >= 11 is 3.01. The van der Waals surface area contributed by atoms with E-state index < -0.39 is 0 Å². The number of hydrogen-bond donors (Lipinski definition) is 0. The van der Waals surface area contributed by atoms with Gasteiger partial charge in [0.05, 0.1) is 30.0 Å². The summed E-state index contributed by atoms with van der Waals surface area (Å²) < 4.78 is 7.07. The molecular formula is C24H27N3O3S2. The fourth-order valence-electron chi connectivity index (χ4n) is 4.41. The van der Waals surface area contributed by atoms with Crippen LogP contribution in [-0.4, -0.2) is 52.4 Å². The highest BCUT2D eigenvalue weighted by atomic mass is 32.2. The molecule has 6 nitrogen and oxygen atoms in total. The molecule has 3 aromatic rings. The number of rotatable bonds is 4. The van der Waals surface area contributed by atoms with E-state index in [2.05, 4.69) is 13.8 Å². The number of aromatic nitrogens is 2. The van der Waals surface area contributed by atoms with Crippen molar-refractivity contribution in [3.63, 3.8) is 0 Å². The third-order valence-corrected chi connectivity index (χ3v) is 8.50. The summed E-state index contributed by atoms with van der Waals surface area (Å²) in [4.78, 5) is 35.5. The van der Waals surface area contributed by atoms with Gasteiger partial charge < -0.3 is 9.64 Å². The van der Waals surface area contributed by atoms with Gasteiger partial charge in [-0.05, 0) is 68.4 Å². The summed E-state index contributed by atoms with van der Waals surface area (Å²) in [6, 6.07) is 6.05. The number of morpholine rings is 1. The molecule has 8 heteroatoms. The number of aryl methyl sites for hydroxylation is 4. The van der Waals surface area contributed by atoms with Crippen molar-refractivity contribution >= 4 is 39.2 Å². The number of amides is 1. The minimum absolute atomic E-state index is 0.0148. The van der Waals surface area contributed by atoms with Crippen LogP contribution in [0.4, 0.5) is 0 Å². The number of fused-ring (bicyclic) bond motifs is 3. The molecule has 1 aromatic carbocycles. The number of hydrogen-bond acceptors (Lipinski definition) is 6. The highest BCUT2D eigenvalue weighted by molar-refractivity contribution is 7.99. The molecule has 0 radical (unpaired) electrons. The average molecular weight is 470 g/mol. The van der Waals surface area contributed by atoms with Crippen LogP contribution >= 0.6 is 23.1 Å². The van der Waals surface area contributed by atoms with Gasteiger partial charge in [0, 0.05) is 18.0 Å². The number of nitrogens with zero attached hydrogens (tertiary/aromatic N) is 3. The lowest BCUT2D eigenvalue weighted by atomic mass is 9.97. The predicted octanol–water partition coefficient (Wildman–Crippen LogP) is 3.89. The molecule has 0 spiro atoms. The van der Waals surface area contributed by atoms with Crippen molar-refractivity contribution in [1.82, 2.24) is 14.5 Å². The number of thioether (sulfide) groups is 1. The van der Waals surface area contributed by atoms with Crippen LogP contribution in [0.15, 0.2) is 28.2 Å². The molecule has 1 fully saturated rings. The van der Waals surface area contributed by atoms with Crippen LogP contribution in [0.2, 0.25) is 0 Å². The first-order valence-corrected chi connectivity index (χ1v) is 13.0. The Hall–Kier alpha value is -2.16. The van der Waals surface area contributed by atoms with E-state index in [1.54, 1.807) is 15.9 Å². The molecule has 5 rings (SSSR count). The lowest BCUT2D eigenvalue weighted by molar-refractivity contribution is -0.132. The van der Waals surface area contributed by atoms with Crippen LogP contribution in [0.1, 0.15) is 34.4 Å². The van der Waals surface area contributed by atoms with Gasteiger partial charge in [0.2, 0.25) is 5.91 Å². The lowest BCUT2D eigenvalue weighted by Crippen LogP contribution is -2.41. The first-order chi connectivity index (χ1) is 15.5. The summed E-state index contributed by atoms with van der Waals surface area (Å²) in [5.41, 5.74) is 4.29. The third kappa shape index (κ3) is 4.00. The third-order valence-electron chi connectivity index (χ3n) is 6.40. The lowest BCUT2D eigenvalue weighted by Gasteiger charge is -2.26. The second kappa shape index (κ2) is 9.00. The quantitative estimate of drug-likeness (QED) is 0.428. The number of benzene rings is 1. The first-order valence-electron chi connectivity index (χ1n) is 11.2. The van der Waals surface area contributed by atoms with Gasteiger partial charge in [0.25, 0.3) is 5.56 Å². The Morgan fingerprint density at radius 2 is 1.94 bits per heavy atom. The minimum atomic E-state index is -0.0148. The van der Waals surface area contributed by atoms with E-state index in [0.717, 1.165) is 40.7 Å². The second-order valence-electron chi connectivity index (χ2n) is 8.48. The molecule has 0 unspecified atom stereocenters. The summed E-state index contributed by atoms with van der Waals surface area (Å²) in [5.74, 6) is 0.318. The zero-order valence-electron chi connectivity index (χ0n) is 18.5. The summed E-state index contributed by atoms with van der Waals surface area (Å²) in [5, 5.41) is 1.36.